The van der Waals surface area contributed by atoms with Gasteiger partial charge in [0.1, 0.15) is 6.04 Å². The average Bonchev–Trinajstić information content (AvgIpc) is 3.32. The second-order valence-electron chi connectivity index (χ2n) is 6.16. The van der Waals surface area contributed by atoms with Gasteiger partial charge < -0.3 is 10.4 Å². The van der Waals surface area contributed by atoms with Crippen molar-refractivity contribution in [3.05, 3.63) is 35.9 Å². The molecule has 0 spiro atoms. The Labute approximate surface area is 133 Å². The van der Waals surface area contributed by atoms with Gasteiger partial charge >= 0.3 is 6.18 Å². The summed E-state index contributed by atoms with van der Waals surface area (Å²) in [6, 6.07) is 5.50. The van der Waals surface area contributed by atoms with Gasteiger partial charge in [0.05, 0.1) is 18.7 Å². The highest BCUT2D eigenvalue weighted by molar-refractivity contribution is 5.79. The van der Waals surface area contributed by atoms with E-state index in [0.29, 0.717) is 0 Å². The molecule has 7 heteroatoms. The highest BCUT2D eigenvalue weighted by atomic mass is 19.4. The molecule has 1 aromatic carbocycles. The Morgan fingerprint density at radius 3 is 2.39 bits per heavy atom. The summed E-state index contributed by atoms with van der Waals surface area (Å²) in [5, 5.41) is 14.3. The average molecular weight is 330 g/mol. The molecule has 0 bridgehead atoms. The molecule has 4 nitrogen and oxygen atoms in total. The summed E-state index contributed by atoms with van der Waals surface area (Å²) in [5.41, 5.74) is -0.709. The first-order chi connectivity index (χ1) is 10.8. The maximum atomic E-state index is 13.2. The van der Waals surface area contributed by atoms with Crippen LogP contribution in [0.15, 0.2) is 30.3 Å². The Morgan fingerprint density at radius 2 is 1.91 bits per heavy atom. The van der Waals surface area contributed by atoms with Crippen molar-refractivity contribution in [3.63, 3.8) is 0 Å². The van der Waals surface area contributed by atoms with E-state index in [1.165, 1.54) is 24.3 Å². The van der Waals surface area contributed by atoms with Crippen LogP contribution in [0.2, 0.25) is 0 Å². The summed E-state index contributed by atoms with van der Waals surface area (Å²) in [6.45, 7) is 1.01. The lowest BCUT2D eigenvalue weighted by atomic mass is 9.97. The van der Waals surface area contributed by atoms with E-state index in [1.54, 1.807) is 13.0 Å². The molecule has 1 saturated carbocycles. The van der Waals surface area contributed by atoms with Crippen LogP contribution in [0.1, 0.15) is 31.4 Å². The van der Waals surface area contributed by atoms with Gasteiger partial charge in [0.25, 0.3) is 0 Å². The number of aliphatic hydroxyl groups is 1. The van der Waals surface area contributed by atoms with Crippen molar-refractivity contribution < 1.29 is 23.1 Å². The van der Waals surface area contributed by atoms with Gasteiger partial charge in [0, 0.05) is 0 Å². The topological polar surface area (TPSA) is 61.4 Å². The summed E-state index contributed by atoms with van der Waals surface area (Å²) < 4.78 is 39.5. The number of hydrogen-bond donors (Lipinski definition) is 3. The van der Waals surface area contributed by atoms with Gasteiger partial charge in [-0.2, -0.15) is 13.2 Å². The molecular weight excluding hydrogens is 309 g/mol. The fourth-order valence-corrected chi connectivity index (χ4v) is 2.62. The highest BCUT2D eigenvalue weighted by Crippen LogP contribution is 2.39. The van der Waals surface area contributed by atoms with Crippen molar-refractivity contribution in [1.82, 2.24) is 10.6 Å². The zero-order valence-corrected chi connectivity index (χ0v) is 12.9. The predicted molar refractivity (Wildman–Crippen MR) is 79.6 cm³/mol. The number of carbonyl (C=O) groups excluding carboxylic acids is 1. The minimum absolute atomic E-state index is 0.0555. The Kier molecular flexibility index (Phi) is 5.31. The third kappa shape index (κ3) is 4.68. The lowest BCUT2D eigenvalue weighted by molar-refractivity contribution is -0.158. The molecule has 2 unspecified atom stereocenters. The lowest BCUT2D eigenvalue weighted by Gasteiger charge is -2.29. The molecule has 0 saturated heterocycles. The van der Waals surface area contributed by atoms with Crippen LogP contribution < -0.4 is 10.6 Å². The van der Waals surface area contributed by atoms with Crippen molar-refractivity contribution in [2.75, 3.05) is 13.2 Å². The van der Waals surface area contributed by atoms with Crippen LogP contribution in [0.3, 0.4) is 0 Å². The van der Waals surface area contributed by atoms with Crippen molar-refractivity contribution in [2.45, 2.75) is 37.5 Å². The van der Waals surface area contributed by atoms with Crippen LogP contribution in [-0.2, 0) is 4.79 Å². The van der Waals surface area contributed by atoms with Crippen molar-refractivity contribution in [1.29, 1.82) is 0 Å². The molecule has 0 radical (unpaired) electrons. The molecular formula is C16H21F3N2O2. The molecule has 2 rings (SSSR count). The van der Waals surface area contributed by atoms with E-state index < -0.39 is 30.2 Å². The number of hydrogen-bond acceptors (Lipinski definition) is 3. The van der Waals surface area contributed by atoms with Crippen LogP contribution in [0.4, 0.5) is 13.2 Å². The molecule has 128 valence electrons. The standard InChI is InChI=1S/C16H21F3N2O2/c1-15(10-22,12-7-8-12)21-13(23)9-20-14(16(17,18)19)11-5-3-2-4-6-11/h2-6,12,14,20,22H,7-10H2,1H3,(H,21,23). The number of rotatable bonds is 7. The number of benzene rings is 1. The van der Waals surface area contributed by atoms with E-state index in [1.807, 2.05) is 0 Å². The predicted octanol–water partition coefficient (Wildman–Crippen LogP) is 2.16. The van der Waals surface area contributed by atoms with Crippen LogP contribution in [0.5, 0.6) is 0 Å². The number of amides is 1. The lowest BCUT2D eigenvalue weighted by Crippen LogP contribution is -2.53. The molecule has 1 amide bonds. The van der Waals surface area contributed by atoms with Crippen LogP contribution in [0, 0.1) is 5.92 Å². The molecule has 0 aromatic heterocycles. The first-order valence-corrected chi connectivity index (χ1v) is 7.53. The van der Waals surface area contributed by atoms with Crippen molar-refractivity contribution in [3.8, 4) is 0 Å². The quantitative estimate of drug-likeness (QED) is 0.718. The second kappa shape index (κ2) is 6.88. The van der Waals surface area contributed by atoms with Crippen molar-refractivity contribution >= 4 is 5.91 Å². The normalized spacial score (nSPS) is 19.0. The molecule has 1 fully saturated rings. The highest BCUT2D eigenvalue weighted by Gasteiger charge is 2.43. The number of alkyl halides is 3. The Balaban J connectivity index is 1.97. The summed E-state index contributed by atoms with van der Waals surface area (Å²) in [6.07, 6.45) is -2.70. The zero-order valence-electron chi connectivity index (χ0n) is 12.9. The second-order valence-corrected chi connectivity index (χ2v) is 6.16. The maximum Gasteiger partial charge on any atom is 0.407 e. The largest absolute Gasteiger partial charge is 0.407 e. The third-order valence-corrected chi connectivity index (χ3v) is 4.16. The van der Waals surface area contributed by atoms with E-state index in [-0.39, 0.29) is 18.1 Å². The van der Waals surface area contributed by atoms with Crippen LogP contribution in [-0.4, -0.2) is 35.9 Å². The minimum atomic E-state index is -4.50. The number of aliphatic hydroxyl groups excluding tert-OH is 1. The Hall–Kier alpha value is -1.60. The number of nitrogens with one attached hydrogen (secondary N) is 2. The maximum absolute atomic E-state index is 13.2. The fourth-order valence-electron chi connectivity index (χ4n) is 2.62. The first kappa shape index (κ1) is 17.7. The Bertz CT molecular complexity index is 532. The van der Waals surface area contributed by atoms with Gasteiger partial charge in [0.15, 0.2) is 0 Å². The third-order valence-electron chi connectivity index (χ3n) is 4.16. The van der Waals surface area contributed by atoms with E-state index in [9.17, 15) is 23.1 Å². The zero-order chi connectivity index (χ0) is 17.1. The molecule has 0 aliphatic heterocycles. The molecule has 1 aliphatic carbocycles. The van der Waals surface area contributed by atoms with Gasteiger partial charge in [-0.05, 0) is 31.2 Å². The fraction of sp³-hybridized carbons (Fsp3) is 0.562. The minimum Gasteiger partial charge on any atom is -0.394 e. The van der Waals surface area contributed by atoms with Gasteiger partial charge in [-0.1, -0.05) is 30.3 Å². The van der Waals surface area contributed by atoms with Gasteiger partial charge in [-0.3, -0.25) is 10.1 Å². The van der Waals surface area contributed by atoms with E-state index >= 15 is 0 Å². The summed E-state index contributed by atoms with van der Waals surface area (Å²) in [4.78, 5) is 12.0. The Morgan fingerprint density at radius 1 is 1.30 bits per heavy atom. The summed E-state index contributed by atoms with van der Waals surface area (Å²) in [5.74, 6) is -0.373. The summed E-state index contributed by atoms with van der Waals surface area (Å²) in [7, 11) is 0. The van der Waals surface area contributed by atoms with Gasteiger partial charge in [-0.25, -0.2) is 0 Å². The van der Waals surface area contributed by atoms with E-state index in [2.05, 4.69) is 10.6 Å². The van der Waals surface area contributed by atoms with E-state index in [4.69, 9.17) is 0 Å². The van der Waals surface area contributed by atoms with Gasteiger partial charge in [0.2, 0.25) is 5.91 Å². The van der Waals surface area contributed by atoms with Crippen LogP contribution >= 0.6 is 0 Å². The number of carbonyl (C=O) groups is 1. The monoisotopic (exact) mass is 330 g/mol. The van der Waals surface area contributed by atoms with Crippen molar-refractivity contribution in [2.24, 2.45) is 5.92 Å². The first-order valence-electron chi connectivity index (χ1n) is 7.53. The molecule has 0 heterocycles. The number of halogens is 3. The van der Waals surface area contributed by atoms with Gasteiger partial charge in [-0.15, -0.1) is 0 Å². The molecule has 2 atom stereocenters. The molecule has 23 heavy (non-hydrogen) atoms. The molecule has 3 N–H and O–H groups in total. The molecule has 1 aromatic rings. The molecule has 1 aliphatic rings. The summed E-state index contributed by atoms with van der Waals surface area (Å²) >= 11 is 0. The van der Waals surface area contributed by atoms with Crippen LogP contribution in [0.25, 0.3) is 0 Å². The van der Waals surface area contributed by atoms with E-state index in [0.717, 1.165) is 12.8 Å². The smallest absolute Gasteiger partial charge is 0.394 e. The SMILES string of the molecule is CC(CO)(NC(=O)CNC(c1ccccc1)C(F)(F)F)C1CC1.